The molecule has 2 aliphatic rings. The Hall–Kier alpha value is -0.620. The summed E-state index contributed by atoms with van der Waals surface area (Å²) in [5, 5.41) is 8.59. The van der Waals surface area contributed by atoms with Crippen molar-refractivity contribution in [2.45, 2.75) is 59.5 Å². The highest BCUT2D eigenvalue weighted by Crippen LogP contribution is 2.69. The second-order valence-corrected chi connectivity index (χ2v) is 11.1. The molecule has 0 N–H and O–H groups in total. The minimum Gasteiger partial charge on any atom is -0.298 e. The van der Waals surface area contributed by atoms with Crippen molar-refractivity contribution in [3.8, 4) is 0 Å². The molecule has 0 aromatic heterocycles. The van der Waals surface area contributed by atoms with E-state index in [-0.39, 0.29) is 15.6 Å². The molecule has 4 nitrogen and oxygen atoms in total. The predicted octanol–water partition coefficient (Wildman–Crippen LogP) is 4.43. The number of ketones is 2. The van der Waals surface area contributed by atoms with Gasteiger partial charge in [-0.05, 0) is 34.0 Å². The zero-order chi connectivity index (χ0) is 18.8. The molecule has 0 heterocycles. The largest absolute Gasteiger partial charge is 0.298 e. The van der Waals surface area contributed by atoms with Gasteiger partial charge in [-0.1, -0.05) is 39.5 Å². The Balaban J connectivity index is 2.22. The van der Waals surface area contributed by atoms with E-state index in [1.165, 1.54) is 0 Å². The van der Waals surface area contributed by atoms with Crippen molar-refractivity contribution >= 4 is 46.3 Å². The van der Waals surface area contributed by atoms with Gasteiger partial charge >= 0.3 is 0 Å². The van der Waals surface area contributed by atoms with Crippen LogP contribution in [-0.4, -0.2) is 33.2 Å². The maximum atomic E-state index is 12.4. The van der Waals surface area contributed by atoms with Crippen molar-refractivity contribution in [3.63, 3.8) is 0 Å². The zero-order valence-corrected chi connectivity index (χ0v) is 17.7. The molecular formula is C18H28N2O2S2. The van der Waals surface area contributed by atoms with Crippen LogP contribution in [0.25, 0.3) is 0 Å². The Kier molecular flexibility index (Phi) is 4.46. The van der Waals surface area contributed by atoms with E-state index < -0.39 is 21.7 Å². The van der Waals surface area contributed by atoms with Gasteiger partial charge in [0.1, 0.15) is 5.78 Å². The molecule has 0 unspecified atom stereocenters. The van der Waals surface area contributed by atoms with Crippen molar-refractivity contribution in [2.75, 3.05) is 6.26 Å². The molecule has 2 fully saturated rings. The lowest BCUT2D eigenvalue weighted by molar-refractivity contribution is -0.152. The molecule has 2 saturated carbocycles. The van der Waals surface area contributed by atoms with Gasteiger partial charge in [0.15, 0.2) is 5.78 Å². The van der Waals surface area contributed by atoms with Gasteiger partial charge < -0.3 is 0 Å². The smallest absolute Gasteiger partial charge is 0.155 e. The summed E-state index contributed by atoms with van der Waals surface area (Å²) in [6.45, 7) is 15.6. The third-order valence-corrected chi connectivity index (χ3v) is 9.75. The van der Waals surface area contributed by atoms with Crippen LogP contribution in [0.1, 0.15) is 55.4 Å². The molecule has 0 saturated heterocycles. The first-order chi connectivity index (χ1) is 10.7. The van der Waals surface area contributed by atoms with Crippen molar-refractivity contribution in [2.24, 2.45) is 31.9 Å². The van der Waals surface area contributed by atoms with Crippen LogP contribution < -0.4 is 0 Å². The molecule has 0 aromatic carbocycles. The minimum atomic E-state index is -0.534. The van der Waals surface area contributed by atoms with Crippen molar-refractivity contribution in [1.82, 2.24) is 0 Å². The summed E-state index contributed by atoms with van der Waals surface area (Å²) in [7, 11) is 0. The van der Waals surface area contributed by atoms with Crippen molar-refractivity contribution in [1.29, 1.82) is 0 Å². The van der Waals surface area contributed by atoms with Gasteiger partial charge in [0.05, 0.1) is 26.2 Å². The van der Waals surface area contributed by atoms with E-state index >= 15 is 0 Å². The molecule has 0 aromatic rings. The fourth-order valence-electron chi connectivity index (χ4n) is 4.80. The molecule has 0 spiro atoms. The summed E-state index contributed by atoms with van der Waals surface area (Å²) >= 11 is 3.27. The van der Waals surface area contributed by atoms with Gasteiger partial charge in [0.2, 0.25) is 0 Å². The quantitative estimate of drug-likeness (QED) is 0.319. The molecule has 0 radical (unpaired) electrons. The number of carbonyl (C=O) groups excluding carboxylic acids is 2. The van der Waals surface area contributed by atoms with E-state index in [4.69, 9.17) is 0 Å². The van der Waals surface area contributed by atoms with Gasteiger partial charge in [-0.2, -0.15) is 10.2 Å². The SMILES string of the molecule is CSC1(S/C=N/N=C2C(C)(C)C(=O)C2(C)C)C(C)(C)C(=O)C1(C)C. The van der Waals surface area contributed by atoms with E-state index in [0.717, 1.165) is 5.71 Å². The third kappa shape index (κ3) is 2.14. The van der Waals surface area contributed by atoms with Gasteiger partial charge in [-0.15, -0.1) is 11.8 Å². The average Bonchev–Trinajstić information content (AvgIpc) is 2.48. The zero-order valence-electron chi connectivity index (χ0n) is 16.1. The van der Waals surface area contributed by atoms with Crippen LogP contribution in [-0.2, 0) is 9.59 Å². The molecule has 0 bridgehead atoms. The van der Waals surface area contributed by atoms with Crippen LogP contribution in [0, 0.1) is 21.7 Å². The molecule has 0 aliphatic heterocycles. The number of thioether (sulfide) groups is 2. The fraction of sp³-hybridized carbons (Fsp3) is 0.778. The van der Waals surface area contributed by atoms with Crippen molar-refractivity contribution < 1.29 is 9.59 Å². The van der Waals surface area contributed by atoms with Gasteiger partial charge in [0, 0.05) is 10.8 Å². The molecule has 0 amide bonds. The Bertz CT molecular complexity index is 620. The monoisotopic (exact) mass is 368 g/mol. The molecule has 6 heteroatoms. The number of hydrogen-bond donors (Lipinski definition) is 0. The average molecular weight is 369 g/mol. The standard InChI is InChI=1S/C18H28N2O2S2/c1-14(2)11(15(3,4)12(14)21)20-19-10-24-18(23-9)16(5,6)13(22)17(18,7)8/h10H,1-9H3/b19-10+. The topological polar surface area (TPSA) is 58.9 Å². The first kappa shape index (κ1) is 19.7. The number of carbonyl (C=O) groups is 2. The lowest BCUT2D eigenvalue weighted by atomic mass is 9.53. The van der Waals surface area contributed by atoms with Gasteiger partial charge in [-0.25, -0.2) is 0 Å². The number of rotatable bonds is 4. The van der Waals surface area contributed by atoms with E-state index in [9.17, 15) is 9.59 Å². The molecule has 2 rings (SSSR count). The van der Waals surface area contributed by atoms with Crippen LogP contribution in [0.2, 0.25) is 0 Å². The van der Waals surface area contributed by atoms with Crippen LogP contribution in [0.15, 0.2) is 10.2 Å². The Morgan fingerprint density at radius 3 is 1.71 bits per heavy atom. The maximum Gasteiger partial charge on any atom is 0.155 e. The molecular weight excluding hydrogens is 340 g/mol. The van der Waals surface area contributed by atoms with Crippen LogP contribution >= 0.6 is 23.5 Å². The third-order valence-electron chi connectivity index (χ3n) is 5.81. The van der Waals surface area contributed by atoms with E-state index in [2.05, 4.69) is 10.2 Å². The maximum absolute atomic E-state index is 12.4. The summed E-state index contributed by atoms with van der Waals surface area (Å²) in [6.07, 6.45) is 2.04. The Labute approximate surface area is 153 Å². The molecule has 24 heavy (non-hydrogen) atoms. The summed E-state index contributed by atoms with van der Waals surface area (Å²) in [5.41, 5.74) is 0.656. The van der Waals surface area contributed by atoms with Crippen LogP contribution in [0.4, 0.5) is 0 Å². The molecule has 0 atom stereocenters. The number of nitrogens with zero attached hydrogens (tertiary/aromatic N) is 2. The number of hydrogen-bond acceptors (Lipinski definition) is 6. The highest BCUT2D eigenvalue weighted by Gasteiger charge is 2.72. The van der Waals surface area contributed by atoms with Crippen LogP contribution in [0.5, 0.6) is 0 Å². The minimum absolute atomic E-state index is 0.198. The molecule has 2 aliphatic carbocycles. The fourth-order valence-corrected chi connectivity index (χ4v) is 7.53. The highest BCUT2D eigenvalue weighted by molar-refractivity contribution is 8.25. The second kappa shape index (κ2) is 5.44. The van der Waals surface area contributed by atoms with Crippen molar-refractivity contribution in [3.05, 3.63) is 0 Å². The molecule has 134 valence electrons. The summed E-state index contributed by atoms with van der Waals surface area (Å²) in [6, 6.07) is 0. The van der Waals surface area contributed by atoms with Crippen LogP contribution in [0.3, 0.4) is 0 Å². The van der Waals surface area contributed by atoms with E-state index in [1.807, 2.05) is 61.6 Å². The summed E-state index contributed by atoms with van der Waals surface area (Å²) in [4.78, 5) is 24.6. The van der Waals surface area contributed by atoms with E-state index in [1.54, 1.807) is 29.1 Å². The summed E-state index contributed by atoms with van der Waals surface area (Å²) in [5.74, 6) is 0.479. The first-order valence-electron chi connectivity index (χ1n) is 8.14. The highest BCUT2D eigenvalue weighted by atomic mass is 32.2. The predicted molar refractivity (Wildman–Crippen MR) is 105 cm³/mol. The van der Waals surface area contributed by atoms with E-state index in [0.29, 0.717) is 0 Å². The lowest BCUT2D eigenvalue weighted by Crippen LogP contribution is -2.70. The lowest BCUT2D eigenvalue weighted by Gasteiger charge is -2.63. The number of Topliss-reactive ketones (excluding diaryl/α,β-unsaturated/α-hetero) is 2. The second-order valence-electron chi connectivity index (χ2n) is 8.77. The normalized spacial score (nSPS) is 28.5. The first-order valence-corrected chi connectivity index (χ1v) is 10.2. The van der Waals surface area contributed by atoms with Gasteiger partial charge in [0.25, 0.3) is 0 Å². The Morgan fingerprint density at radius 2 is 1.29 bits per heavy atom. The Morgan fingerprint density at radius 1 is 0.833 bits per heavy atom. The summed E-state index contributed by atoms with van der Waals surface area (Å²) < 4.78 is -0.263. The van der Waals surface area contributed by atoms with Gasteiger partial charge in [-0.3, -0.25) is 9.59 Å².